The molecule has 2 aromatic rings. The molecule has 27 heavy (non-hydrogen) atoms. The predicted octanol–water partition coefficient (Wildman–Crippen LogP) is 2.79. The smallest absolute Gasteiger partial charge is 0.246 e. The van der Waals surface area contributed by atoms with Crippen molar-refractivity contribution in [1.29, 1.82) is 0 Å². The molecule has 0 N–H and O–H groups in total. The van der Waals surface area contributed by atoms with Crippen molar-refractivity contribution in [2.24, 2.45) is 0 Å². The van der Waals surface area contributed by atoms with Crippen LogP contribution in [0.3, 0.4) is 0 Å². The van der Waals surface area contributed by atoms with Gasteiger partial charge < -0.3 is 24.0 Å². The summed E-state index contributed by atoms with van der Waals surface area (Å²) in [7, 11) is 1.66. The van der Waals surface area contributed by atoms with E-state index >= 15 is 0 Å². The Hall–Kier alpha value is -3.15. The molecule has 4 rings (SSSR count). The number of rotatable bonds is 4. The summed E-state index contributed by atoms with van der Waals surface area (Å²) in [5.74, 6) is 2.34. The molecule has 6 nitrogen and oxygen atoms in total. The Morgan fingerprint density at radius 3 is 2.48 bits per heavy atom. The summed E-state index contributed by atoms with van der Waals surface area (Å²) >= 11 is 0. The molecule has 0 aromatic heterocycles. The molecule has 140 valence electrons. The number of hydrogen-bond acceptors (Lipinski definition) is 5. The number of benzene rings is 2. The molecular weight excluding hydrogens is 344 g/mol. The zero-order chi connectivity index (χ0) is 18.6. The highest BCUT2D eigenvalue weighted by Gasteiger charge is 2.20. The molecule has 2 aliphatic rings. The van der Waals surface area contributed by atoms with Crippen LogP contribution in [0.2, 0.25) is 0 Å². The molecule has 0 radical (unpaired) electrons. The molecule has 1 saturated heterocycles. The van der Waals surface area contributed by atoms with Gasteiger partial charge in [-0.2, -0.15) is 0 Å². The van der Waals surface area contributed by atoms with Crippen LogP contribution in [0.5, 0.6) is 17.2 Å². The number of fused-ring (bicyclic) bond motifs is 1. The maximum atomic E-state index is 12.5. The lowest BCUT2D eigenvalue weighted by molar-refractivity contribution is -0.126. The van der Waals surface area contributed by atoms with Crippen LogP contribution in [0, 0.1) is 0 Å². The Kier molecular flexibility index (Phi) is 4.87. The third-order valence-electron chi connectivity index (χ3n) is 4.84. The molecule has 0 saturated carbocycles. The summed E-state index contributed by atoms with van der Waals surface area (Å²) in [4.78, 5) is 16.6. The summed E-state index contributed by atoms with van der Waals surface area (Å²) in [6, 6.07) is 13.7. The van der Waals surface area contributed by atoms with E-state index in [2.05, 4.69) is 17.0 Å². The molecule has 1 amide bonds. The summed E-state index contributed by atoms with van der Waals surface area (Å²) < 4.78 is 15.9. The van der Waals surface area contributed by atoms with Crippen molar-refractivity contribution in [2.45, 2.75) is 0 Å². The topological polar surface area (TPSA) is 51.2 Å². The van der Waals surface area contributed by atoms with Crippen molar-refractivity contribution < 1.29 is 19.0 Å². The number of amides is 1. The molecule has 2 heterocycles. The number of piperazine rings is 1. The van der Waals surface area contributed by atoms with Gasteiger partial charge in [-0.1, -0.05) is 6.07 Å². The van der Waals surface area contributed by atoms with Crippen LogP contribution >= 0.6 is 0 Å². The molecule has 2 aliphatic heterocycles. The van der Waals surface area contributed by atoms with Crippen LogP contribution < -0.4 is 19.1 Å². The van der Waals surface area contributed by atoms with Crippen LogP contribution in [0.4, 0.5) is 5.69 Å². The molecule has 0 aliphatic carbocycles. The van der Waals surface area contributed by atoms with Gasteiger partial charge in [0.1, 0.15) is 5.75 Å². The number of ether oxygens (including phenoxy) is 3. The van der Waals surface area contributed by atoms with Gasteiger partial charge in [0.25, 0.3) is 0 Å². The van der Waals surface area contributed by atoms with E-state index in [9.17, 15) is 4.79 Å². The van der Waals surface area contributed by atoms with Gasteiger partial charge in [-0.25, -0.2) is 0 Å². The minimum atomic E-state index is 0.0297. The SMILES string of the molecule is COc1ccc(N2CCN(C(=O)/C=C/c3ccc4c(c3)OCO4)CC2)cc1. The van der Waals surface area contributed by atoms with Crippen molar-refractivity contribution in [1.82, 2.24) is 4.90 Å². The van der Waals surface area contributed by atoms with Crippen LogP contribution in [0.25, 0.3) is 6.08 Å². The number of carbonyl (C=O) groups is 1. The summed E-state index contributed by atoms with van der Waals surface area (Å²) in [5.41, 5.74) is 2.07. The van der Waals surface area contributed by atoms with Crippen molar-refractivity contribution in [2.75, 3.05) is 45.0 Å². The standard InChI is InChI=1S/C21H22N2O4/c1-25-18-6-4-17(5-7-18)22-10-12-23(13-11-22)21(24)9-3-16-2-8-19-20(14-16)27-15-26-19/h2-9,14H,10-13,15H2,1H3/b9-3+. The molecule has 0 bridgehead atoms. The van der Waals surface area contributed by atoms with Gasteiger partial charge >= 0.3 is 0 Å². The van der Waals surface area contributed by atoms with Gasteiger partial charge in [-0.15, -0.1) is 0 Å². The second-order valence-electron chi connectivity index (χ2n) is 6.46. The summed E-state index contributed by atoms with van der Waals surface area (Å²) in [6.07, 6.45) is 3.45. The average Bonchev–Trinajstić information content (AvgIpc) is 3.20. The van der Waals surface area contributed by atoms with Crippen LogP contribution in [0.15, 0.2) is 48.5 Å². The first-order valence-electron chi connectivity index (χ1n) is 8.98. The van der Waals surface area contributed by atoms with Crippen molar-refractivity contribution in [3.63, 3.8) is 0 Å². The van der Waals surface area contributed by atoms with E-state index in [1.807, 2.05) is 41.3 Å². The molecule has 0 spiro atoms. The first-order valence-corrected chi connectivity index (χ1v) is 8.98. The Morgan fingerprint density at radius 2 is 1.74 bits per heavy atom. The summed E-state index contributed by atoms with van der Waals surface area (Å²) in [6.45, 7) is 3.29. The monoisotopic (exact) mass is 366 g/mol. The molecule has 0 atom stereocenters. The van der Waals surface area contributed by atoms with Gasteiger partial charge in [0.2, 0.25) is 12.7 Å². The van der Waals surface area contributed by atoms with Crippen molar-refractivity contribution in [3.8, 4) is 17.2 Å². The quantitative estimate of drug-likeness (QED) is 0.779. The van der Waals surface area contributed by atoms with E-state index < -0.39 is 0 Å². The molecule has 0 unspecified atom stereocenters. The first-order chi connectivity index (χ1) is 13.2. The fourth-order valence-corrected chi connectivity index (χ4v) is 3.27. The second kappa shape index (κ2) is 7.61. The second-order valence-corrected chi connectivity index (χ2v) is 6.46. The van der Waals surface area contributed by atoms with E-state index in [0.717, 1.165) is 41.6 Å². The van der Waals surface area contributed by atoms with Gasteiger partial charge in [-0.3, -0.25) is 4.79 Å². The third kappa shape index (κ3) is 3.84. The number of anilines is 1. The van der Waals surface area contributed by atoms with E-state index in [0.29, 0.717) is 13.1 Å². The highest BCUT2D eigenvalue weighted by atomic mass is 16.7. The Balaban J connectivity index is 1.33. The average molecular weight is 366 g/mol. The zero-order valence-corrected chi connectivity index (χ0v) is 15.3. The van der Waals surface area contributed by atoms with E-state index in [-0.39, 0.29) is 12.7 Å². The Labute approximate surface area is 158 Å². The number of methoxy groups -OCH3 is 1. The van der Waals surface area contributed by atoms with Gasteiger partial charge in [0.15, 0.2) is 11.5 Å². The van der Waals surface area contributed by atoms with E-state index in [4.69, 9.17) is 14.2 Å². The van der Waals surface area contributed by atoms with Crippen LogP contribution in [0.1, 0.15) is 5.56 Å². The predicted molar refractivity (Wildman–Crippen MR) is 103 cm³/mol. The lowest BCUT2D eigenvalue weighted by atomic mass is 10.2. The highest BCUT2D eigenvalue weighted by molar-refractivity contribution is 5.92. The van der Waals surface area contributed by atoms with Gasteiger partial charge in [0.05, 0.1) is 7.11 Å². The molecule has 1 fully saturated rings. The first kappa shape index (κ1) is 17.3. The molecular formula is C21H22N2O4. The summed E-state index contributed by atoms with van der Waals surface area (Å²) in [5, 5.41) is 0. The number of carbonyl (C=O) groups excluding carboxylic acids is 1. The van der Waals surface area contributed by atoms with Crippen LogP contribution in [-0.4, -0.2) is 50.9 Å². The Bertz CT molecular complexity index is 840. The number of nitrogens with zero attached hydrogens (tertiary/aromatic N) is 2. The molecule has 6 heteroatoms. The van der Waals surface area contributed by atoms with E-state index in [1.165, 1.54) is 0 Å². The fraction of sp³-hybridized carbons (Fsp3) is 0.286. The largest absolute Gasteiger partial charge is 0.497 e. The lowest BCUT2D eigenvalue weighted by Crippen LogP contribution is -2.48. The molecule has 2 aromatic carbocycles. The maximum Gasteiger partial charge on any atom is 0.246 e. The van der Waals surface area contributed by atoms with Crippen molar-refractivity contribution in [3.05, 3.63) is 54.1 Å². The number of hydrogen-bond donors (Lipinski definition) is 0. The minimum absolute atomic E-state index is 0.0297. The normalized spacial score (nSPS) is 16.0. The lowest BCUT2D eigenvalue weighted by Gasteiger charge is -2.35. The Morgan fingerprint density at radius 1 is 1.00 bits per heavy atom. The van der Waals surface area contributed by atoms with Gasteiger partial charge in [0, 0.05) is 37.9 Å². The highest BCUT2D eigenvalue weighted by Crippen LogP contribution is 2.32. The zero-order valence-electron chi connectivity index (χ0n) is 15.3. The van der Waals surface area contributed by atoms with Gasteiger partial charge in [-0.05, 0) is 48.0 Å². The van der Waals surface area contributed by atoms with Crippen molar-refractivity contribution >= 4 is 17.7 Å². The maximum absolute atomic E-state index is 12.5. The third-order valence-corrected chi connectivity index (χ3v) is 4.84. The fourth-order valence-electron chi connectivity index (χ4n) is 3.27. The van der Waals surface area contributed by atoms with Crippen LogP contribution in [-0.2, 0) is 4.79 Å². The van der Waals surface area contributed by atoms with E-state index in [1.54, 1.807) is 13.2 Å². The minimum Gasteiger partial charge on any atom is -0.497 e.